The number of amides is 2. The van der Waals surface area contributed by atoms with Gasteiger partial charge in [-0.3, -0.25) is 19.4 Å². The van der Waals surface area contributed by atoms with Gasteiger partial charge in [0.2, 0.25) is 0 Å². The van der Waals surface area contributed by atoms with Crippen LogP contribution in [0.15, 0.2) is 41.5 Å². The van der Waals surface area contributed by atoms with Gasteiger partial charge in [0.1, 0.15) is 5.69 Å². The van der Waals surface area contributed by atoms with Crippen molar-refractivity contribution in [1.82, 2.24) is 25.0 Å². The molecule has 0 bridgehead atoms. The topological polar surface area (TPSA) is 99.3 Å². The Labute approximate surface area is 138 Å². The van der Waals surface area contributed by atoms with Gasteiger partial charge in [0.05, 0.1) is 0 Å². The zero-order chi connectivity index (χ0) is 16.9. The number of nitrogens with zero attached hydrogens (tertiary/aromatic N) is 4. The van der Waals surface area contributed by atoms with Crippen LogP contribution in [-0.4, -0.2) is 63.0 Å². The number of hydrogen-bond acceptors (Lipinski definition) is 5. The summed E-state index contributed by atoms with van der Waals surface area (Å²) in [6, 6.07) is 6.05. The zero-order valence-corrected chi connectivity index (χ0v) is 13.0. The van der Waals surface area contributed by atoms with Crippen molar-refractivity contribution in [1.29, 1.82) is 0 Å². The molecule has 0 aromatic carbocycles. The molecule has 2 aromatic rings. The normalized spacial score (nSPS) is 15.0. The molecule has 2 aromatic heterocycles. The Morgan fingerprint density at radius 2 is 1.58 bits per heavy atom. The summed E-state index contributed by atoms with van der Waals surface area (Å²) in [5.41, 5.74) is 0.437. The van der Waals surface area contributed by atoms with Crippen molar-refractivity contribution in [3.05, 3.63) is 58.3 Å². The van der Waals surface area contributed by atoms with E-state index in [4.69, 9.17) is 0 Å². The summed E-state index contributed by atoms with van der Waals surface area (Å²) < 4.78 is 0. The molecular weight excluding hydrogens is 310 g/mol. The van der Waals surface area contributed by atoms with Crippen LogP contribution in [0.1, 0.15) is 27.3 Å². The maximum absolute atomic E-state index is 12.5. The molecule has 1 aliphatic heterocycles. The van der Waals surface area contributed by atoms with Crippen molar-refractivity contribution in [3.63, 3.8) is 0 Å². The summed E-state index contributed by atoms with van der Waals surface area (Å²) in [4.78, 5) is 43.3. The van der Waals surface area contributed by atoms with Gasteiger partial charge < -0.3 is 9.80 Å². The summed E-state index contributed by atoms with van der Waals surface area (Å²) in [5, 5.41) is 6.03. The van der Waals surface area contributed by atoms with Crippen molar-refractivity contribution in [2.75, 3.05) is 26.2 Å². The monoisotopic (exact) mass is 327 g/mol. The molecule has 0 aliphatic carbocycles. The van der Waals surface area contributed by atoms with Crippen LogP contribution in [0.3, 0.4) is 0 Å². The smallest absolute Gasteiger partial charge is 0.274 e. The van der Waals surface area contributed by atoms with Crippen LogP contribution < -0.4 is 5.56 Å². The number of carbonyl (C=O) groups excluding carboxylic acids is 2. The maximum Gasteiger partial charge on any atom is 0.274 e. The minimum absolute atomic E-state index is 0.0612. The van der Waals surface area contributed by atoms with E-state index >= 15 is 0 Å². The number of nitrogens with one attached hydrogen (secondary N) is 1. The summed E-state index contributed by atoms with van der Waals surface area (Å²) >= 11 is 0. The fourth-order valence-corrected chi connectivity index (χ4v) is 2.63. The second-order valence-electron chi connectivity index (χ2n) is 5.48. The van der Waals surface area contributed by atoms with E-state index in [1.807, 2.05) is 0 Å². The molecule has 1 aliphatic rings. The van der Waals surface area contributed by atoms with E-state index in [-0.39, 0.29) is 23.1 Å². The minimum Gasteiger partial charge on any atom is -0.337 e. The molecule has 1 N–H and O–H groups in total. The highest BCUT2D eigenvalue weighted by Crippen LogP contribution is 2.10. The number of aromatic nitrogens is 3. The first kappa shape index (κ1) is 15.9. The fraction of sp³-hybridized carbons (Fsp3) is 0.312. The number of pyridine rings is 1. The van der Waals surface area contributed by atoms with Crippen LogP contribution in [0.2, 0.25) is 0 Å². The van der Waals surface area contributed by atoms with E-state index in [0.717, 1.165) is 0 Å². The third kappa shape index (κ3) is 3.48. The van der Waals surface area contributed by atoms with Gasteiger partial charge in [-0.05, 0) is 24.6 Å². The van der Waals surface area contributed by atoms with Crippen LogP contribution >= 0.6 is 0 Å². The second-order valence-corrected chi connectivity index (χ2v) is 5.48. The molecule has 0 spiro atoms. The third-order valence-electron chi connectivity index (χ3n) is 3.90. The Morgan fingerprint density at radius 1 is 0.917 bits per heavy atom. The van der Waals surface area contributed by atoms with Gasteiger partial charge in [0.15, 0.2) is 0 Å². The number of H-pyrrole nitrogens is 1. The highest BCUT2D eigenvalue weighted by Gasteiger charge is 2.24. The maximum atomic E-state index is 12.5. The van der Waals surface area contributed by atoms with Crippen LogP contribution in [0.4, 0.5) is 0 Å². The molecule has 124 valence electrons. The molecule has 1 fully saturated rings. The summed E-state index contributed by atoms with van der Waals surface area (Å²) in [6.07, 6.45) is 3.86. The molecule has 2 amide bonds. The molecule has 8 nitrogen and oxygen atoms in total. The number of rotatable bonds is 2. The van der Waals surface area contributed by atoms with Crippen LogP contribution in [0.5, 0.6) is 0 Å². The molecular formula is C16H17N5O3. The molecule has 1 saturated heterocycles. The van der Waals surface area contributed by atoms with Gasteiger partial charge in [-0.1, -0.05) is 0 Å². The highest BCUT2D eigenvalue weighted by molar-refractivity contribution is 5.94. The van der Waals surface area contributed by atoms with Crippen molar-refractivity contribution in [2.24, 2.45) is 0 Å². The largest absolute Gasteiger partial charge is 0.337 e. The van der Waals surface area contributed by atoms with Crippen molar-refractivity contribution in [3.8, 4) is 0 Å². The van der Waals surface area contributed by atoms with E-state index in [0.29, 0.717) is 38.2 Å². The predicted molar refractivity (Wildman–Crippen MR) is 85.5 cm³/mol. The lowest BCUT2D eigenvalue weighted by Gasteiger charge is -2.22. The van der Waals surface area contributed by atoms with E-state index in [1.54, 1.807) is 34.3 Å². The molecule has 0 saturated carbocycles. The van der Waals surface area contributed by atoms with Gasteiger partial charge in [-0.25, -0.2) is 5.10 Å². The molecule has 3 rings (SSSR count). The predicted octanol–water partition coefficient (Wildman–Crippen LogP) is 0.153. The van der Waals surface area contributed by atoms with E-state index in [2.05, 4.69) is 15.2 Å². The van der Waals surface area contributed by atoms with Crippen LogP contribution in [-0.2, 0) is 0 Å². The Balaban J connectivity index is 1.66. The second kappa shape index (κ2) is 7.03. The van der Waals surface area contributed by atoms with Gasteiger partial charge in [0, 0.05) is 50.2 Å². The molecule has 0 radical (unpaired) electrons. The Bertz CT molecular complexity index is 769. The van der Waals surface area contributed by atoms with Gasteiger partial charge in [-0.15, -0.1) is 0 Å². The lowest BCUT2D eigenvalue weighted by molar-refractivity contribution is 0.0715. The molecule has 24 heavy (non-hydrogen) atoms. The number of carbonyl (C=O) groups is 2. The number of aromatic amines is 1. The molecule has 0 atom stereocenters. The van der Waals surface area contributed by atoms with Crippen molar-refractivity contribution in [2.45, 2.75) is 6.42 Å². The summed E-state index contributed by atoms with van der Waals surface area (Å²) in [6.45, 7) is 2.01. The van der Waals surface area contributed by atoms with Crippen LogP contribution in [0, 0.1) is 0 Å². The Hall–Kier alpha value is -3.03. The fourth-order valence-electron chi connectivity index (χ4n) is 2.63. The molecule has 0 unspecified atom stereocenters. The van der Waals surface area contributed by atoms with Crippen molar-refractivity contribution < 1.29 is 9.59 Å². The SMILES string of the molecule is O=C(c1ccncc1)N1CCCN(C(=O)c2ccc(=O)[nH]n2)CC1. The quantitative estimate of drug-likeness (QED) is 0.846. The van der Waals surface area contributed by atoms with E-state index < -0.39 is 0 Å². The molecule has 8 heteroatoms. The van der Waals surface area contributed by atoms with Crippen LogP contribution in [0.25, 0.3) is 0 Å². The van der Waals surface area contributed by atoms with E-state index in [9.17, 15) is 14.4 Å². The Morgan fingerprint density at radius 3 is 2.21 bits per heavy atom. The summed E-state index contributed by atoms with van der Waals surface area (Å²) in [5.74, 6) is -0.307. The van der Waals surface area contributed by atoms with E-state index in [1.165, 1.54) is 12.1 Å². The minimum atomic E-state index is -0.350. The average Bonchev–Trinajstić information content (AvgIpc) is 2.88. The summed E-state index contributed by atoms with van der Waals surface area (Å²) in [7, 11) is 0. The highest BCUT2D eigenvalue weighted by atomic mass is 16.2. The lowest BCUT2D eigenvalue weighted by atomic mass is 10.2. The Kier molecular flexibility index (Phi) is 4.64. The first-order chi connectivity index (χ1) is 11.6. The van der Waals surface area contributed by atoms with Gasteiger partial charge >= 0.3 is 0 Å². The van der Waals surface area contributed by atoms with Gasteiger partial charge in [0.25, 0.3) is 17.4 Å². The molecule has 3 heterocycles. The lowest BCUT2D eigenvalue weighted by Crippen LogP contribution is -2.37. The standard InChI is InChI=1S/C16H17N5O3/c22-14-3-2-13(18-19-14)16(24)21-9-1-8-20(10-11-21)15(23)12-4-6-17-7-5-12/h2-7H,1,8-11H2,(H,19,22). The number of hydrogen-bond donors (Lipinski definition) is 1. The van der Waals surface area contributed by atoms with Gasteiger partial charge in [-0.2, -0.15) is 5.10 Å². The average molecular weight is 327 g/mol. The zero-order valence-electron chi connectivity index (χ0n) is 13.0. The van der Waals surface area contributed by atoms with Crippen molar-refractivity contribution >= 4 is 11.8 Å². The third-order valence-corrected chi connectivity index (χ3v) is 3.90. The first-order valence-corrected chi connectivity index (χ1v) is 7.69. The first-order valence-electron chi connectivity index (χ1n) is 7.69.